The Bertz CT molecular complexity index is 1000. The first-order chi connectivity index (χ1) is 13.1. The van der Waals surface area contributed by atoms with Gasteiger partial charge < -0.3 is 9.47 Å². The molecule has 0 fully saturated rings. The predicted octanol–water partition coefficient (Wildman–Crippen LogP) is 5.42. The monoisotopic (exact) mass is 380 g/mol. The van der Waals surface area contributed by atoms with Crippen molar-refractivity contribution < 1.29 is 13.9 Å². The highest BCUT2D eigenvalue weighted by Gasteiger charge is 2.11. The molecule has 136 valence electrons. The number of thiazole rings is 1. The van der Waals surface area contributed by atoms with E-state index < -0.39 is 0 Å². The number of allylic oxidation sites excluding steroid dienone is 1. The minimum Gasteiger partial charge on any atom is -0.493 e. The van der Waals surface area contributed by atoms with E-state index in [4.69, 9.17) is 9.47 Å². The zero-order valence-electron chi connectivity index (χ0n) is 14.9. The number of halogens is 1. The molecule has 0 aliphatic carbocycles. The number of rotatable bonds is 6. The van der Waals surface area contributed by atoms with E-state index in [-0.39, 0.29) is 5.82 Å². The van der Waals surface area contributed by atoms with E-state index in [9.17, 15) is 9.65 Å². The molecule has 0 radical (unpaired) electrons. The number of ether oxygens (including phenoxy) is 2. The molecule has 0 aliphatic heterocycles. The highest BCUT2D eigenvalue weighted by molar-refractivity contribution is 7.11. The quantitative estimate of drug-likeness (QED) is 0.536. The molecule has 0 N–H and O–H groups in total. The molecule has 3 rings (SSSR count). The lowest BCUT2D eigenvalue weighted by atomic mass is 10.1. The van der Waals surface area contributed by atoms with Crippen molar-refractivity contribution in [3.05, 3.63) is 64.2 Å². The number of methoxy groups -OCH3 is 1. The second kappa shape index (κ2) is 8.47. The minimum atomic E-state index is -0.295. The van der Waals surface area contributed by atoms with Crippen molar-refractivity contribution in [1.29, 1.82) is 5.26 Å². The Morgan fingerprint density at radius 2 is 2.00 bits per heavy atom. The number of hydrogen-bond acceptors (Lipinski definition) is 5. The van der Waals surface area contributed by atoms with Gasteiger partial charge in [0.25, 0.3) is 0 Å². The minimum absolute atomic E-state index is 0.295. The van der Waals surface area contributed by atoms with Gasteiger partial charge in [-0.3, -0.25) is 0 Å². The number of nitriles is 1. The molecule has 2 aromatic carbocycles. The molecule has 1 aromatic heterocycles. The van der Waals surface area contributed by atoms with Crippen LogP contribution in [0, 0.1) is 17.1 Å². The van der Waals surface area contributed by atoms with Crippen molar-refractivity contribution in [1.82, 2.24) is 4.98 Å². The molecule has 6 heteroatoms. The van der Waals surface area contributed by atoms with Crippen LogP contribution in [-0.4, -0.2) is 18.7 Å². The molecule has 0 bridgehead atoms. The first kappa shape index (κ1) is 18.6. The van der Waals surface area contributed by atoms with Crippen LogP contribution in [0.3, 0.4) is 0 Å². The molecule has 27 heavy (non-hydrogen) atoms. The summed E-state index contributed by atoms with van der Waals surface area (Å²) >= 11 is 1.37. The highest BCUT2D eigenvalue weighted by atomic mass is 32.1. The summed E-state index contributed by atoms with van der Waals surface area (Å²) in [4.78, 5) is 4.52. The van der Waals surface area contributed by atoms with Crippen molar-refractivity contribution in [2.75, 3.05) is 13.7 Å². The van der Waals surface area contributed by atoms with Crippen molar-refractivity contribution >= 4 is 23.0 Å². The Morgan fingerprint density at radius 1 is 1.22 bits per heavy atom. The van der Waals surface area contributed by atoms with E-state index in [0.717, 1.165) is 11.1 Å². The van der Waals surface area contributed by atoms with Gasteiger partial charge in [0.2, 0.25) is 0 Å². The molecule has 0 saturated carbocycles. The molecule has 3 aromatic rings. The van der Waals surface area contributed by atoms with Crippen LogP contribution in [0.25, 0.3) is 22.9 Å². The zero-order chi connectivity index (χ0) is 19.2. The van der Waals surface area contributed by atoms with Gasteiger partial charge in [-0.1, -0.05) is 6.07 Å². The first-order valence-electron chi connectivity index (χ1n) is 8.29. The van der Waals surface area contributed by atoms with Crippen LogP contribution in [0.2, 0.25) is 0 Å². The Hall–Kier alpha value is -3.17. The van der Waals surface area contributed by atoms with Gasteiger partial charge in [-0.15, -0.1) is 11.3 Å². The van der Waals surface area contributed by atoms with Crippen LogP contribution in [0.5, 0.6) is 11.5 Å². The van der Waals surface area contributed by atoms with Crippen LogP contribution < -0.4 is 9.47 Å². The van der Waals surface area contributed by atoms with Gasteiger partial charge in [0.1, 0.15) is 16.9 Å². The van der Waals surface area contributed by atoms with Crippen molar-refractivity contribution in [3.8, 4) is 28.8 Å². The summed E-state index contributed by atoms with van der Waals surface area (Å²) in [5.41, 5.74) is 2.77. The lowest BCUT2D eigenvalue weighted by Crippen LogP contribution is -1.95. The number of hydrogen-bond donors (Lipinski definition) is 0. The molecular formula is C21H17FN2O2S. The molecule has 1 heterocycles. The average Bonchev–Trinajstić information content (AvgIpc) is 3.17. The SMILES string of the molecule is CCOc1ccc(/C=C(\C#N)c2nc(-c3ccc(F)cc3)cs2)cc1OC. The summed E-state index contributed by atoms with van der Waals surface area (Å²) in [6, 6.07) is 13.8. The van der Waals surface area contributed by atoms with E-state index in [0.29, 0.717) is 34.4 Å². The molecule has 0 atom stereocenters. The number of benzene rings is 2. The second-order valence-electron chi connectivity index (χ2n) is 5.56. The summed E-state index contributed by atoms with van der Waals surface area (Å²) in [7, 11) is 1.58. The van der Waals surface area contributed by atoms with Gasteiger partial charge in [-0.2, -0.15) is 5.26 Å². The molecule has 0 spiro atoms. The second-order valence-corrected chi connectivity index (χ2v) is 6.42. The van der Waals surface area contributed by atoms with Gasteiger partial charge in [-0.05, 0) is 55.0 Å². The average molecular weight is 380 g/mol. The van der Waals surface area contributed by atoms with Crippen LogP contribution >= 0.6 is 11.3 Å². The third-order valence-electron chi connectivity index (χ3n) is 3.79. The van der Waals surface area contributed by atoms with Crippen molar-refractivity contribution in [2.24, 2.45) is 0 Å². The maximum absolute atomic E-state index is 13.1. The maximum atomic E-state index is 13.1. The summed E-state index contributed by atoms with van der Waals surface area (Å²) in [5.74, 6) is 0.966. The topological polar surface area (TPSA) is 55.1 Å². The largest absolute Gasteiger partial charge is 0.493 e. The summed E-state index contributed by atoms with van der Waals surface area (Å²) in [6.45, 7) is 2.45. The van der Waals surface area contributed by atoms with Gasteiger partial charge in [0.05, 0.1) is 25.0 Å². The fourth-order valence-corrected chi connectivity index (χ4v) is 3.30. The van der Waals surface area contributed by atoms with Crippen LogP contribution in [0.4, 0.5) is 4.39 Å². The van der Waals surface area contributed by atoms with E-state index in [1.807, 2.05) is 30.5 Å². The molecule has 4 nitrogen and oxygen atoms in total. The fourth-order valence-electron chi connectivity index (χ4n) is 2.51. The van der Waals surface area contributed by atoms with Gasteiger partial charge >= 0.3 is 0 Å². The fraction of sp³-hybridized carbons (Fsp3) is 0.143. The van der Waals surface area contributed by atoms with Crippen molar-refractivity contribution in [2.45, 2.75) is 6.92 Å². The van der Waals surface area contributed by atoms with E-state index in [2.05, 4.69) is 11.1 Å². The number of nitrogens with zero attached hydrogens (tertiary/aromatic N) is 2. The smallest absolute Gasteiger partial charge is 0.161 e. The van der Waals surface area contributed by atoms with E-state index in [1.165, 1.54) is 23.5 Å². The summed E-state index contributed by atoms with van der Waals surface area (Å²) < 4.78 is 23.9. The summed E-state index contributed by atoms with van der Waals surface area (Å²) in [6.07, 6.45) is 1.76. The maximum Gasteiger partial charge on any atom is 0.161 e. The van der Waals surface area contributed by atoms with Crippen LogP contribution in [0.15, 0.2) is 47.8 Å². The third-order valence-corrected chi connectivity index (χ3v) is 4.67. The zero-order valence-corrected chi connectivity index (χ0v) is 15.7. The lowest BCUT2D eigenvalue weighted by Gasteiger charge is -2.09. The Kier molecular flexibility index (Phi) is 5.84. The predicted molar refractivity (Wildman–Crippen MR) is 105 cm³/mol. The molecule has 0 amide bonds. The van der Waals surface area contributed by atoms with Gasteiger partial charge in [-0.25, -0.2) is 9.37 Å². The van der Waals surface area contributed by atoms with Gasteiger partial charge in [0, 0.05) is 10.9 Å². The number of aromatic nitrogens is 1. The van der Waals surface area contributed by atoms with Gasteiger partial charge in [0.15, 0.2) is 11.5 Å². The molecule has 0 aliphatic rings. The highest BCUT2D eigenvalue weighted by Crippen LogP contribution is 2.31. The molecule has 0 unspecified atom stereocenters. The Balaban J connectivity index is 1.91. The Morgan fingerprint density at radius 3 is 2.67 bits per heavy atom. The van der Waals surface area contributed by atoms with Crippen molar-refractivity contribution in [3.63, 3.8) is 0 Å². The van der Waals surface area contributed by atoms with Crippen LogP contribution in [0.1, 0.15) is 17.5 Å². The third kappa shape index (κ3) is 4.33. The Labute approximate surface area is 161 Å². The summed E-state index contributed by atoms with van der Waals surface area (Å²) in [5, 5.41) is 12.0. The lowest BCUT2D eigenvalue weighted by molar-refractivity contribution is 0.311. The molecule has 0 saturated heterocycles. The van der Waals surface area contributed by atoms with Crippen LogP contribution in [-0.2, 0) is 0 Å². The normalized spacial score (nSPS) is 11.1. The first-order valence-corrected chi connectivity index (χ1v) is 9.17. The van der Waals surface area contributed by atoms with E-state index in [1.54, 1.807) is 25.3 Å². The molecular weight excluding hydrogens is 363 g/mol. The van der Waals surface area contributed by atoms with E-state index >= 15 is 0 Å². The standard InChI is InChI=1S/C21H17FN2O2S/c1-3-26-19-9-4-14(11-20(19)25-2)10-16(12-23)21-24-18(13-27-21)15-5-7-17(22)8-6-15/h4-11,13H,3H2,1-2H3/b16-10+.